The molecule has 2 aromatic carbocycles. The van der Waals surface area contributed by atoms with Crippen molar-refractivity contribution in [3.05, 3.63) is 64.2 Å². The highest BCUT2D eigenvalue weighted by Crippen LogP contribution is 2.17. The van der Waals surface area contributed by atoms with Gasteiger partial charge < -0.3 is 14.5 Å². The van der Waals surface area contributed by atoms with E-state index in [-0.39, 0.29) is 5.69 Å². The second kappa shape index (κ2) is 8.68. The lowest BCUT2D eigenvalue weighted by atomic mass is 10.1. The number of nitro groups is 1. The molecule has 7 heteroatoms. The Hall–Kier alpha value is -3.09. The maximum atomic E-state index is 10.6. The van der Waals surface area contributed by atoms with Gasteiger partial charge in [-0.2, -0.15) is 5.10 Å². The summed E-state index contributed by atoms with van der Waals surface area (Å²) in [6.07, 6.45) is 0. The fourth-order valence-corrected chi connectivity index (χ4v) is 2.13. The molecule has 0 saturated carbocycles. The average Bonchev–Trinajstić information content (AvgIpc) is 2.59. The molecule has 2 rings (SSSR count). The Kier molecular flexibility index (Phi) is 6.33. The molecule has 0 atom stereocenters. The van der Waals surface area contributed by atoms with E-state index in [0.717, 1.165) is 17.0 Å². The molecular formula is C18H21N3O4. The molecule has 0 heterocycles. The van der Waals surface area contributed by atoms with E-state index in [2.05, 4.69) is 5.10 Å². The van der Waals surface area contributed by atoms with Crippen LogP contribution in [0, 0.1) is 10.1 Å². The molecule has 0 aromatic heterocycles. The molecule has 2 aromatic rings. The Morgan fingerprint density at radius 3 is 1.92 bits per heavy atom. The van der Waals surface area contributed by atoms with Crippen molar-refractivity contribution >= 4 is 11.4 Å². The summed E-state index contributed by atoms with van der Waals surface area (Å²) in [6.45, 7) is 2.68. The largest absolute Gasteiger partial charge is 0.490 e. The van der Waals surface area contributed by atoms with Crippen molar-refractivity contribution in [1.82, 2.24) is 5.01 Å². The van der Waals surface area contributed by atoms with Gasteiger partial charge in [0.2, 0.25) is 0 Å². The number of hydrogen-bond donors (Lipinski definition) is 0. The lowest BCUT2D eigenvalue weighted by molar-refractivity contribution is -0.384. The van der Waals surface area contributed by atoms with Crippen LogP contribution < -0.4 is 9.47 Å². The molecule has 0 saturated heterocycles. The molecule has 0 aliphatic heterocycles. The Labute approximate surface area is 146 Å². The SMILES string of the molecule is CC(=NN(C)C)c1ccc(OCCOc2ccc([N+](=O)[O-])cc2)cc1. The molecule has 0 spiro atoms. The summed E-state index contributed by atoms with van der Waals surface area (Å²) in [7, 11) is 3.76. The normalized spacial score (nSPS) is 11.1. The highest BCUT2D eigenvalue weighted by molar-refractivity contribution is 5.98. The maximum absolute atomic E-state index is 10.6. The summed E-state index contributed by atoms with van der Waals surface area (Å²) in [5.41, 5.74) is 2.00. The van der Waals surface area contributed by atoms with Crippen molar-refractivity contribution in [2.75, 3.05) is 27.3 Å². The summed E-state index contributed by atoms with van der Waals surface area (Å²) in [5, 5.41) is 16.7. The zero-order valence-corrected chi connectivity index (χ0v) is 14.5. The van der Waals surface area contributed by atoms with Crippen LogP contribution in [-0.4, -0.2) is 43.0 Å². The van der Waals surface area contributed by atoms with Gasteiger partial charge in [-0.15, -0.1) is 0 Å². The first-order chi connectivity index (χ1) is 12.0. The number of benzene rings is 2. The maximum Gasteiger partial charge on any atom is 0.269 e. The van der Waals surface area contributed by atoms with Gasteiger partial charge in [-0.1, -0.05) is 0 Å². The van der Waals surface area contributed by atoms with Crippen LogP contribution in [0.15, 0.2) is 53.6 Å². The van der Waals surface area contributed by atoms with Crippen molar-refractivity contribution in [2.45, 2.75) is 6.92 Å². The van der Waals surface area contributed by atoms with Crippen LogP contribution in [0.1, 0.15) is 12.5 Å². The number of rotatable bonds is 8. The van der Waals surface area contributed by atoms with E-state index in [1.807, 2.05) is 45.3 Å². The van der Waals surface area contributed by atoms with Gasteiger partial charge in [-0.25, -0.2) is 0 Å². The summed E-state index contributed by atoms with van der Waals surface area (Å²) < 4.78 is 11.1. The monoisotopic (exact) mass is 343 g/mol. The molecule has 0 aliphatic rings. The lowest BCUT2D eigenvalue weighted by Crippen LogP contribution is -2.09. The standard InChI is InChI=1S/C18H21N3O4/c1-14(19-20(2)3)15-4-8-17(9-5-15)24-12-13-25-18-10-6-16(7-11-18)21(22)23/h4-11H,12-13H2,1-3H3. The predicted molar refractivity (Wildman–Crippen MR) is 96.4 cm³/mol. The number of hydrogen-bond acceptors (Lipinski definition) is 6. The number of nitrogens with zero attached hydrogens (tertiary/aromatic N) is 3. The van der Waals surface area contributed by atoms with Gasteiger partial charge in [0.05, 0.1) is 10.6 Å². The van der Waals surface area contributed by atoms with Crippen LogP contribution in [0.25, 0.3) is 0 Å². The Bertz CT molecular complexity index is 725. The van der Waals surface area contributed by atoms with Crippen LogP contribution in [0.3, 0.4) is 0 Å². The van der Waals surface area contributed by atoms with Gasteiger partial charge >= 0.3 is 0 Å². The quantitative estimate of drug-likeness (QED) is 0.318. The van der Waals surface area contributed by atoms with E-state index in [4.69, 9.17) is 9.47 Å². The molecule has 0 radical (unpaired) electrons. The van der Waals surface area contributed by atoms with Gasteiger partial charge in [-0.05, 0) is 48.9 Å². The van der Waals surface area contributed by atoms with Gasteiger partial charge in [0.25, 0.3) is 5.69 Å². The molecule has 0 bridgehead atoms. The first-order valence-corrected chi connectivity index (χ1v) is 7.79. The van der Waals surface area contributed by atoms with Crippen molar-refractivity contribution in [3.8, 4) is 11.5 Å². The highest BCUT2D eigenvalue weighted by atomic mass is 16.6. The number of ether oxygens (including phenoxy) is 2. The number of hydrazone groups is 1. The van der Waals surface area contributed by atoms with Gasteiger partial charge in [-0.3, -0.25) is 10.1 Å². The van der Waals surface area contributed by atoms with Crippen molar-refractivity contribution in [2.24, 2.45) is 5.10 Å². The third kappa shape index (κ3) is 5.80. The summed E-state index contributed by atoms with van der Waals surface area (Å²) in [4.78, 5) is 10.1. The number of nitro benzene ring substituents is 1. The summed E-state index contributed by atoms with van der Waals surface area (Å²) in [5.74, 6) is 1.31. The zero-order chi connectivity index (χ0) is 18.2. The van der Waals surface area contributed by atoms with E-state index >= 15 is 0 Å². The minimum atomic E-state index is -0.443. The Morgan fingerprint density at radius 1 is 1.00 bits per heavy atom. The average molecular weight is 343 g/mol. The lowest BCUT2D eigenvalue weighted by Gasteiger charge is -2.10. The topological polar surface area (TPSA) is 77.2 Å². The van der Waals surface area contributed by atoms with Gasteiger partial charge in [0.1, 0.15) is 24.7 Å². The highest BCUT2D eigenvalue weighted by Gasteiger charge is 2.04. The van der Waals surface area contributed by atoms with E-state index in [1.54, 1.807) is 17.1 Å². The van der Waals surface area contributed by atoms with Crippen LogP contribution >= 0.6 is 0 Å². The van der Waals surface area contributed by atoms with Gasteiger partial charge in [0, 0.05) is 26.2 Å². The van der Waals surface area contributed by atoms with Crippen molar-refractivity contribution in [1.29, 1.82) is 0 Å². The second-order valence-corrected chi connectivity index (χ2v) is 5.50. The third-order valence-electron chi connectivity index (χ3n) is 3.29. The van der Waals surface area contributed by atoms with E-state index in [9.17, 15) is 10.1 Å². The molecule has 7 nitrogen and oxygen atoms in total. The molecule has 0 fully saturated rings. The minimum Gasteiger partial charge on any atom is -0.490 e. The minimum absolute atomic E-state index is 0.0387. The van der Waals surface area contributed by atoms with Crippen LogP contribution in [0.5, 0.6) is 11.5 Å². The van der Waals surface area contributed by atoms with Crippen LogP contribution in [0.2, 0.25) is 0 Å². The molecule has 25 heavy (non-hydrogen) atoms. The molecular weight excluding hydrogens is 322 g/mol. The second-order valence-electron chi connectivity index (χ2n) is 5.50. The first kappa shape index (κ1) is 18.3. The van der Waals surface area contributed by atoms with Crippen LogP contribution in [-0.2, 0) is 0 Å². The molecule has 0 N–H and O–H groups in total. The van der Waals surface area contributed by atoms with Crippen molar-refractivity contribution < 1.29 is 14.4 Å². The Morgan fingerprint density at radius 2 is 1.48 bits per heavy atom. The predicted octanol–water partition coefficient (Wildman–Crippen LogP) is 3.34. The van der Waals surface area contributed by atoms with Crippen molar-refractivity contribution in [3.63, 3.8) is 0 Å². The van der Waals surface area contributed by atoms with E-state index in [0.29, 0.717) is 19.0 Å². The zero-order valence-electron chi connectivity index (χ0n) is 14.5. The fraction of sp³-hybridized carbons (Fsp3) is 0.278. The van der Waals surface area contributed by atoms with E-state index < -0.39 is 4.92 Å². The van der Waals surface area contributed by atoms with E-state index in [1.165, 1.54) is 12.1 Å². The first-order valence-electron chi connectivity index (χ1n) is 7.79. The number of non-ortho nitro benzene ring substituents is 1. The molecule has 0 aliphatic carbocycles. The molecule has 132 valence electrons. The molecule has 0 unspecified atom stereocenters. The van der Waals surface area contributed by atoms with Crippen LogP contribution in [0.4, 0.5) is 5.69 Å². The summed E-state index contributed by atoms with van der Waals surface area (Å²) >= 11 is 0. The Balaban J connectivity index is 1.79. The summed E-state index contributed by atoms with van der Waals surface area (Å²) in [6, 6.07) is 13.6. The van der Waals surface area contributed by atoms with Gasteiger partial charge in [0.15, 0.2) is 0 Å². The molecule has 0 amide bonds. The smallest absolute Gasteiger partial charge is 0.269 e. The fourth-order valence-electron chi connectivity index (χ4n) is 2.13. The third-order valence-corrected chi connectivity index (χ3v) is 3.29.